The first-order valence-corrected chi connectivity index (χ1v) is 8.45. The van der Waals surface area contributed by atoms with Gasteiger partial charge in [0.05, 0.1) is 13.2 Å². The molecule has 1 aliphatic rings. The number of carbonyl (C=O) groups is 1. The first-order chi connectivity index (χ1) is 12.1. The number of aromatic nitrogens is 2. The zero-order valence-electron chi connectivity index (χ0n) is 14.5. The van der Waals surface area contributed by atoms with Crippen LogP contribution in [0.1, 0.15) is 41.7 Å². The number of imidazole rings is 1. The van der Waals surface area contributed by atoms with Crippen molar-refractivity contribution in [3.63, 3.8) is 0 Å². The molecular weight excluding hydrogens is 322 g/mol. The molecule has 1 aliphatic carbocycles. The summed E-state index contributed by atoms with van der Waals surface area (Å²) >= 11 is 0. The van der Waals surface area contributed by atoms with E-state index in [0.717, 1.165) is 18.4 Å². The number of amides is 1. The maximum absolute atomic E-state index is 12.2. The van der Waals surface area contributed by atoms with Gasteiger partial charge in [0, 0.05) is 25.4 Å². The summed E-state index contributed by atoms with van der Waals surface area (Å²) in [5.41, 5.74) is 0.753. The minimum absolute atomic E-state index is 0.191. The SMILES string of the molecule is COc1cccc(CNC(=O)c2cn(C)c(=O)[nH]2)c1OC1CCCC1. The summed E-state index contributed by atoms with van der Waals surface area (Å²) in [5, 5.41) is 2.81. The Balaban J connectivity index is 1.74. The van der Waals surface area contributed by atoms with E-state index >= 15 is 0 Å². The zero-order chi connectivity index (χ0) is 17.8. The highest BCUT2D eigenvalue weighted by atomic mass is 16.5. The van der Waals surface area contributed by atoms with E-state index in [-0.39, 0.29) is 29.9 Å². The molecule has 3 rings (SSSR count). The van der Waals surface area contributed by atoms with Gasteiger partial charge in [-0.2, -0.15) is 0 Å². The molecule has 134 valence electrons. The Kier molecular flexibility index (Phi) is 5.11. The quantitative estimate of drug-likeness (QED) is 0.838. The topological polar surface area (TPSA) is 85.4 Å². The van der Waals surface area contributed by atoms with Gasteiger partial charge in [-0.25, -0.2) is 4.79 Å². The summed E-state index contributed by atoms with van der Waals surface area (Å²) in [5.74, 6) is 0.998. The van der Waals surface area contributed by atoms with Gasteiger partial charge < -0.3 is 24.3 Å². The Bertz CT molecular complexity index is 803. The number of methoxy groups -OCH3 is 1. The number of nitrogens with one attached hydrogen (secondary N) is 2. The highest BCUT2D eigenvalue weighted by Crippen LogP contribution is 2.34. The van der Waals surface area contributed by atoms with Gasteiger partial charge in [-0.1, -0.05) is 12.1 Å². The summed E-state index contributed by atoms with van der Waals surface area (Å²) in [7, 11) is 3.19. The Morgan fingerprint density at radius 1 is 1.36 bits per heavy atom. The van der Waals surface area contributed by atoms with E-state index in [1.807, 2.05) is 18.2 Å². The van der Waals surface area contributed by atoms with Gasteiger partial charge >= 0.3 is 5.69 Å². The minimum Gasteiger partial charge on any atom is -0.493 e. The van der Waals surface area contributed by atoms with E-state index in [0.29, 0.717) is 11.5 Å². The number of nitrogens with zero attached hydrogens (tertiary/aromatic N) is 1. The van der Waals surface area contributed by atoms with E-state index in [4.69, 9.17) is 9.47 Å². The molecule has 1 fully saturated rings. The Labute approximate surface area is 146 Å². The number of ether oxygens (including phenoxy) is 2. The van der Waals surface area contributed by atoms with Gasteiger partial charge in [-0.3, -0.25) is 4.79 Å². The summed E-state index contributed by atoms with van der Waals surface area (Å²) in [6.07, 6.45) is 6.08. The highest BCUT2D eigenvalue weighted by molar-refractivity contribution is 5.92. The standard InChI is InChI=1S/C18H23N3O4/c1-21-11-14(20-18(21)23)17(22)19-10-12-6-5-9-15(24-2)16(12)25-13-7-3-4-8-13/h5-6,9,11,13H,3-4,7-8,10H2,1-2H3,(H,19,22)(H,20,23). The van der Waals surface area contributed by atoms with Crippen molar-refractivity contribution in [2.75, 3.05) is 7.11 Å². The van der Waals surface area contributed by atoms with Crippen molar-refractivity contribution in [2.45, 2.75) is 38.3 Å². The molecule has 0 saturated heterocycles. The average molecular weight is 345 g/mol. The Morgan fingerprint density at radius 2 is 2.12 bits per heavy atom. The van der Waals surface area contributed by atoms with Crippen LogP contribution in [0.3, 0.4) is 0 Å². The van der Waals surface area contributed by atoms with Crippen LogP contribution in [0.5, 0.6) is 11.5 Å². The molecule has 0 radical (unpaired) electrons. The number of aromatic amines is 1. The molecule has 1 amide bonds. The normalized spacial score (nSPS) is 14.5. The first-order valence-electron chi connectivity index (χ1n) is 8.45. The number of benzene rings is 1. The summed E-state index contributed by atoms with van der Waals surface area (Å²) < 4.78 is 12.9. The molecular formula is C18H23N3O4. The predicted molar refractivity (Wildman–Crippen MR) is 93.1 cm³/mol. The maximum atomic E-state index is 12.2. The van der Waals surface area contributed by atoms with Crippen molar-refractivity contribution in [1.29, 1.82) is 0 Å². The molecule has 25 heavy (non-hydrogen) atoms. The van der Waals surface area contributed by atoms with Crippen LogP contribution < -0.4 is 20.5 Å². The molecule has 1 aromatic carbocycles. The smallest absolute Gasteiger partial charge is 0.325 e. The van der Waals surface area contributed by atoms with Crippen LogP contribution in [0.25, 0.3) is 0 Å². The van der Waals surface area contributed by atoms with Crippen LogP contribution in [0.4, 0.5) is 0 Å². The molecule has 0 atom stereocenters. The number of aryl methyl sites for hydroxylation is 1. The molecule has 1 heterocycles. The second-order valence-electron chi connectivity index (χ2n) is 6.24. The van der Waals surface area contributed by atoms with Crippen molar-refractivity contribution < 1.29 is 14.3 Å². The molecule has 2 N–H and O–H groups in total. The molecule has 1 saturated carbocycles. The van der Waals surface area contributed by atoms with Crippen LogP contribution in [0.2, 0.25) is 0 Å². The van der Waals surface area contributed by atoms with Gasteiger partial charge in [0.15, 0.2) is 11.5 Å². The molecule has 2 aromatic rings. The number of para-hydroxylation sites is 1. The van der Waals surface area contributed by atoms with Crippen LogP contribution >= 0.6 is 0 Å². The summed E-state index contributed by atoms with van der Waals surface area (Å²) in [4.78, 5) is 26.2. The average Bonchev–Trinajstić information content (AvgIpc) is 3.24. The largest absolute Gasteiger partial charge is 0.493 e. The molecule has 0 bridgehead atoms. The second-order valence-corrected chi connectivity index (χ2v) is 6.24. The fraction of sp³-hybridized carbons (Fsp3) is 0.444. The van der Waals surface area contributed by atoms with E-state index in [2.05, 4.69) is 10.3 Å². The van der Waals surface area contributed by atoms with Gasteiger partial charge in [0.2, 0.25) is 0 Å². The van der Waals surface area contributed by atoms with Crippen molar-refractivity contribution in [1.82, 2.24) is 14.9 Å². The van der Waals surface area contributed by atoms with Crippen LogP contribution in [-0.2, 0) is 13.6 Å². The minimum atomic E-state index is -0.340. The molecule has 0 unspecified atom stereocenters. The Hall–Kier alpha value is -2.70. The third-order valence-corrected chi connectivity index (χ3v) is 4.44. The second kappa shape index (κ2) is 7.46. The van der Waals surface area contributed by atoms with Crippen LogP contribution in [0, 0.1) is 0 Å². The molecule has 7 nitrogen and oxygen atoms in total. The third-order valence-electron chi connectivity index (χ3n) is 4.44. The molecule has 0 spiro atoms. The number of H-pyrrole nitrogens is 1. The molecule has 1 aromatic heterocycles. The summed E-state index contributed by atoms with van der Waals surface area (Å²) in [6.45, 7) is 0.287. The van der Waals surface area contributed by atoms with E-state index < -0.39 is 0 Å². The fourth-order valence-corrected chi connectivity index (χ4v) is 3.04. The third kappa shape index (κ3) is 3.87. The van der Waals surface area contributed by atoms with Crippen molar-refractivity contribution in [3.8, 4) is 11.5 Å². The number of rotatable bonds is 6. The van der Waals surface area contributed by atoms with Crippen LogP contribution in [-0.4, -0.2) is 28.7 Å². The lowest BCUT2D eigenvalue weighted by Gasteiger charge is -2.19. The predicted octanol–water partition coefficient (Wildman–Crippen LogP) is 1.97. The van der Waals surface area contributed by atoms with Gasteiger partial charge in [-0.05, 0) is 31.7 Å². The fourth-order valence-electron chi connectivity index (χ4n) is 3.04. The Morgan fingerprint density at radius 3 is 2.76 bits per heavy atom. The lowest BCUT2D eigenvalue weighted by atomic mass is 10.1. The first kappa shape index (κ1) is 17.1. The van der Waals surface area contributed by atoms with Gasteiger partial charge in [0.25, 0.3) is 5.91 Å². The lowest BCUT2D eigenvalue weighted by Crippen LogP contribution is -2.24. The molecule has 0 aliphatic heterocycles. The van der Waals surface area contributed by atoms with Crippen LogP contribution in [0.15, 0.2) is 29.2 Å². The monoisotopic (exact) mass is 345 g/mol. The summed E-state index contributed by atoms with van der Waals surface area (Å²) in [6, 6.07) is 5.62. The van der Waals surface area contributed by atoms with Gasteiger partial charge in [0.1, 0.15) is 5.69 Å². The van der Waals surface area contributed by atoms with Gasteiger partial charge in [-0.15, -0.1) is 0 Å². The highest BCUT2D eigenvalue weighted by Gasteiger charge is 2.21. The zero-order valence-corrected chi connectivity index (χ0v) is 14.5. The van der Waals surface area contributed by atoms with Crippen molar-refractivity contribution >= 4 is 5.91 Å². The van der Waals surface area contributed by atoms with E-state index in [1.54, 1.807) is 14.2 Å². The number of hydrogen-bond donors (Lipinski definition) is 2. The lowest BCUT2D eigenvalue weighted by molar-refractivity contribution is 0.0945. The molecule has 7 heteroatoms. The van der Waals surface area contributed by atoms with Crippen molar-refractivity contribution in [3.05, 3.63) is 46.1 Å². The van der Waals surface area contributed by atoms with Crippen molar-refractivity contribution in [2.24, 2.45) is 7.05 Å². The number of hydrogen-bond acceptors (Lipinski definition) is 4. The number of carbonyl (C=O) groups excluding carboxylic acids is 1. The van der Waals surface area contributed by atoms with E-state index in [1.165, 1.54) is 23.6 Å². The maximum Gasteiger partial charge on any atom is 0.325 e. The van der Waals surface area contributed by atoms with E-state index in [9.17, 15) is 9.59 Å².